The van der Waals surface area contributed by atoms with E-state index in [0.717, 1.165) is 6.42 Å². The molecule has 0 N–H and O–H groups in total. The quantitative estimate of drug-likeness (QED) is 0.161. The normalized spacial score (nSPS) is 14.2. The van der Waals surface area contributed by atoms with E-state index >= 15 is 0 Å². The molecule has 0 fully saturated rings. The van der Waals surface area contributed by atoms with Crippen molar-refractivity contribution in [2.24, 2.45) is 0 Å². The molecule has 0 aliphatic heterocycles. The van der Waals surface area contributed by atoms with Gasteiger partial charge in [0.1, 0.15) is 0 Å². The zero-order valence-electron chi connectivity index (χ0n) is 32.7. The van der Waals surface area contributed by atoms with Crippen molar-refractivity contribution in [3.05, 3.63) is 217 Å². The molecular formula is C56H42N2. The minimum Gasteiger partial charge on any atom is -0.333 e. The van der Waals surface area contributed by atoms with Crippen LogP contribution in [0, 0.1) is 13.8 Å². The average Bonchev–Trinajstić information content (AvgIpc) is 3.80. The van der Waals surface area contributed by atoms with Crippen LogP contribution < -0.4 is 0 Å². The molecule has 11 rings (SSSR count). The van der Waals surface area contributed by atoms with Crippen molar-refractivity contribution in [1.82, 2.24) is 9.13 Å². The molecule has 8 aromatic carbocycles. The number of aryl methyl sites for hydroxylation is 1. The minimum atomic E-state index is 0.195. The lowest BCUT2D eigenvalue weighted by Gasteiger charge is -2.23. The van der Waals surface area contributed by atoms with Gasteiger partial charge in [0, 0.05) is 38.3 Å². The average molecular weight is 743 g/mol. The van der Waals surface area contributed by atoms with E-state index in [0.29, 0.717) is 0 Å². The molecule has 1 aliphatic rings. The second-order valence-corrected chi connectivity index (χ2v) is 15.7. The van der Waals surface area contributed by atoms with E-state index < -0.39 is 0 Å². The number of hydrogen-bond acceptors (Lipinski definition) is 0. The van der Waals surface area contributed by atoms with E-state index in [4.69, 9.17) is 0 Å². The highest BCUT2D eigenvalue weighted by Crippen LogP contribution is 2.42. The molecule has 58 heavy (non-hydrogen) atoms. The van der Waals surface area contributed by atoms with Gasteiger partial charge in [0.2, 0.25) is 0 Å². The molecule has 0 amide bonds. The van der Waals surface area contributed by atoms with E-state index in [1.54, 1.807) is 0 Å². The first-order chi connectivity index (χ1) is 28.6. The summed E-state index contributed by atoms with van der Waals surface area (Å²) >= 11 is 0. The Hall–Kier alpha value is -7.16. The van der Waals surface area contributed by atoms with Gasteiger partial charge in [-0.3, -0.25) is 0 Å². The van der Waals surface area contributed by atoms with E-state index in [-0.39, 0.29) is 6.04 Å². The molecule has 0 saturated heterocycles. The van der Waals surface area contributed by atoms with E-state index in [9.17, 15) is 0 Å². The lowest BCUT2D eigenvalue weighted by molar-refractivity contribution is 0.650. The predicted molar refractivity (Wildman–Crippen MR) is 247 cm³/mol. The third-order valence-corrected chi connectivity index (χ3v) is 12.4. The maximum Gasteiger partial charge on any atom is 0.0566 e. The van der Waals surface area contributed by atoms with Crippen LogP contribution in [-0.4, -0.2) is 9.13 Å². The number of nitrogens with zero attached hydrogens (tertiary/aromatic N) is 2. The Balaban J connectivity index is 1.06. The molecule has 0 radical (unpaired) electrons. The number of allylic oxidation sites excluding steroid dienone is 4. The molecule has 0 spiro atoms. The van der Waals surface area contributed by atoms with Gasteiger partial charge in [-0.05, 0) is 137 Å². The first kappa shape index (κ1) is 34.1. The van der Waals surface area contributed by atoms with Gasteiger partial charge in [-0.1, -0.05) is 140 Å². The van der Waals surface area contributed by atoms with Crippen LogP contribution in [0.3, 0.4) is 0 Å². The van der Waals surface area contributed by atoms with Crippen LogP contribution in [0.5, 0.6) is 0 Å². The number of hydrogen-bond donors (Lipinski definition) is 0. The first-order valence-electron chi connectivity index (χ1n) is 20.4. The van der Waals surface area contributed by atoms with Gasteiger partial charge < -0.3 is 9.13 Å². The third-order valence-electron chi connectivity index (χ3n) is 12.4. The molecule has 0 bridgehead atoms. The highest BCUT2D eigenvalue weighted by Gasteiger charge is 2.21. The van der Waals surface area contributed by atoms with Crippen LogP contribution in [0.1, 0.15) is 29.2 Å². The molecule has 0 saturated carbocycles. The summed E-state index contributed by atoms with van der Waals surface area (Å²) in [5.74, 6) is 0. The summed E-state index contributed by atoms with van der Waals surface area (Å²) < 4.78 is 4.93. The lowest BCUT2D eigenvalue weighted by Crippen LogP contribution is -2.09. The van der Waals surface area contributed by atoms with Gasteiger partial charge in [0.05, 0.1) is 17.1 Å². The zero-order valence-corrected chi connectivity index (χ0v) is 32.7. The molecule has 1 aliphatic carbocycles. The standard InChI is InChI=1S/C56H42N2/c1-37-16-6-7-23-46(37)51-36-43(35-50(38(51)2)42-19-15-22-45(33-42)58-53-27-11-8-24-47(53)48-25-9-12-28-54(48)58)40-18-14-17-39(32-40)41-30-31-56-52(34-41)49-26-10-13-29-55(49)57(56)44-20-4-3-5-21-44/h3-21,23-36,45H,22H2,1-2H3. The van der Waals surface area contributed by atoms with Gasteiger partial charge >= 0.3 is 0 Å². The van der Waals surface area contributed by atoms with Crippen molar-refractivity contribution < 1.29 is 0 Å². The molecule has 2 heteroatoms. The maximum atomic E-state index is 2.55. The molecule has 1 atom stereocenters. The largest absolute Gasteiger partial charge is 0.333 e. The Morgan fingerprint density at radius 1 is 0.431 bits per heavy atom. The molecule has 2 heterocycles. The Morgan fingerprint density at radius 3 is 1.76 bits per heavy atom. The lowest BCUT2D eigenvalue weighted by atomic mass is 9.85. The molecule has 1 unspecified atom stereocenters. The smallest absolute Gasteiger partial charge is 0.0566 e. The van der Waals surface area contributed by atoms with E-state index in [2.05, 4.69) is 223 Å². The van der Waals surface area contributed by atoms with Crippen molar-refractivity contribution in [3.8, 4) is 39.1 Å². The number of para-hydroxylation sites is 4. The Morgan fingerprint density at radius 2 is 1.02 bits per heavy atom. The van der Waals surface area contributed by atoms with Gasteiger partial charge in [-0.15, -0.1) is 0 Å². The predicted octanol–water partition coefficient (Wildman–Crippen LogP) is 15.1. The van der Waals surface area contributed by atoms with Gasteiger partial charge in [0.25, 0.3) is 0 Å². The SMILES string of the molecule is Cc1ccccc1-c1cc(-c2cccc(-c3ccc4c(c3)c3ccccc3n4-c3ccccc3)c2)cc(C2=CC(n3c4ccccc4c4ccccc43)CC=C2)c1C. The summed E-state index contributed by atoms with van der Waals surface area (Å²) in [4.78, 5) is 0. The molecule has 10 aromatic rings. The first-order valence-corrected chi connectivity index (χ1v) is 20.4. The summed E-state index contributed by atoms with van der Waals surface area (Å²) in [7, 11) is 0. The van der Waals surface area contributed by atoms with Crippen molar-refractivity contribution in [3.63, 3.8) is 0 Å². The fourth-order valence-electron chi connectivity index (χ4n) is 9.56. The number of fused-ring (bicyclic) bond motifs is 6. The highest BCUT2D eigenvalue weighted by atomic mass is 15.0. The van der Waals surface area contributed by atoms with Crippen molar-refractivity contribution in [1.29, 1.82) is 0 Å². The van der Waals surface area contributed by atoms with Crippen molar-refractivity contribution in [2.75, 3.05) is 0 Å². The topological polar surface area (TPSA) is 9.86 Å². The number of benzene rings is 8. The van der Waals surface area contributed by atoms with Gasteiger partial charge in [0.15, 0.2) is 0 Å². The van der Waals surface area contributed by atoms with Crippen LogP contribution in [0.25, 0.3) is 88.3 Å². The summed E-state index contributed by atoms with van der Waals surface area (Å²) in [5, 5.41) is 5.14. The molecular weight excluding hydrogens is 701 g/mol. The molecule has 2 aromatic heterocycles. The van der Waals surface area contributed by atoms with Crippen molar-refractivity contribution in [2.45, 2.75) is 26.3 Å². The number of aromatic nitrogens is 2. The summed E-state index contributed by atoms with van der Waals surface area (Å²) in [5.41, 5.74) is 18.7. The van der Waals surface area contributed by atoms with Crippen LogP contribution in [-0.2, 0) is 0 Å². The summed E-state index contributed by atoms with van der Waals surface area (Å²) in [6.07, 6.45) is 8.17. The second kappa shape index (κ2) is 13.8. The van der Waals surface area contributed by atoms with Crippen LogP contribution in [0.2, 0.25) is 0 Å². The van der Waals surface area contributed by atoms with Crippen LogP contribution >= 0.6 is 0 Å². The molecule has 276 valence electrons. The molecule has 2 nitrogen and oxygen atoms in total. The van der Waals surface area contributed by atoms with Gasteiger partial charge in [-0.25, -0.2) is 0 Å². The van der Waals surface area contributed by atoms with Crippen LogP contribution in [0.4, 0.5) is 0 Å². The van der Waals surface area contributed by atoms with Crippen LogP contribution in [0.15, 0.2) is 200 Å². The fourth-order valence-corrected chi connectivity index (χ4v) is 9.56. The van der Waals surface area contributed by atoms with E-state index in [1.165, 1.54) is 105 Å². The fraction of sp³-hybridized carbons (Fsp3) is 0.0714. The maximum absolute atomic E-state index is 2.55. The highest BCUT2D eigenvalue weighted by molar-refractivity contribution is 6.11. The Kier molecular flexibility index (Phi) is 8.11. The van der Waals surface area contributed by atoms with Gasteiger partial charge in [-0.2, -0.15) is 0 Å². The third kappa shape index (κ3) is 5.56. The summed E-state index contributed by atoms with van der Waals surface area (Å²) in [6, 6.07) is 67.0. The number of rotatable bonds is 6. The zero-order chi connectivity index (χ0) is 38.7. The summed E-state index contributed by atoms with van der Waals surface area (Å²) in [6.45, 7) is 4.53. The second-order valence-electron chi connectivity index (χ2n) is 15.7. The Bertz CT molecular complexity index is 3230. The monoisotopic (exact) mass is 742 g/mol. The van der Waals surface area contributed by atoms with Crippen molar-refractivity contribution >= 4 is 49.2 Å². The van der Waals surface area contributed by atoms with E-state index in [1.807, 2.05) is 0 Å². The Labute approximate surface area is 339 Å². The minimum absolute atomic E-state index is 0.195.